The number of hydrogen-bond donors (Lipinski definition) is 1. The van der Waals surface area contributed by atoms with Gasteiger partial charge in [-0.15, -0.1) is 6.58 Å². The van der Waals surface area contributed by atoms with Gasteiger partial charge in [-0.2, -0.15) is 0 Å². The smallest absolute Gasteiger partial charge is 0.129 e. The van der Waals surface area contributed by atoms with E-state index in [0.29, 0.717) is 13.2 Å². The lowest BCUT2D eigenvalue weighted by Gasteiger charge is -2.07. The topological polar surface area (TPSA) is 38.7 Å². The van der Waals surface area contributed by atoms with E-state index in [1.54, 1.807) is 0 Å². The zero-order valence-corrected chi connectivity index (χ0v) is 9.19. The summed E-state index contributed by atoms with van der Waals surface area (Å²) in [5.74, 6) is 1.52. The summed E-state index contributed by atoms with van der Waals surface area (Å²) >= 11 is 0. The van der Waals surface area contributed by atoms with Gasteiger partial charge in [0.2, 0.25) is 0 Å². The minimum Gasteiger partial charge on any atom is -0.493 e. The molecule has 1 atom stereocenters. The van der Waals surface area contributed by atoms with Crippen molar-refractivity contribution in [1.29, 1.82) is 0 Å². The van der Waals surface area contributed by atoms with Crippen LogP contribution in [-0.4, -0.2) is 18.3 Å². The first-order valence-corrected chi connectivity index (χ1v) is 5.50. The van der Waals surface area contributed by atoms with Gasteiger partial charge in [0, 0.05) is 11.6 Å². The average Bonchev–Trinajstić information content (AvgIpc) is 2.66. The van der Waals surface area contributed by atoms with E-state index in [9.17, 15) is 5.11 Å². The van der Waals surface area contributed by atoms with Gasteiger partial charge < -0.3 is 14.6 Å². The molecule has 0 aromatic heterocycles. The Hall–Kier alpha value is -1.48. The van der Waals surface area contributed by atoms with Crippen molar-refractivity contribution < 1.29 is 14.6 Å². The molecule has 1 aromatic rings. The van der Waals surface area contributed by atoms with E-state index < -0.39 is 6.10 Å². The number of hydrogen-bond acceptors (Lipinski definition) is 3. The molecule has 3 heteroatoms. The van der Waals surface area contributed by atoms with Crippen LogP contribution < -0.4 is 9.47 Å². The van der Waals surface area contributed by atoms with Crippen molar-refractivity contribution in [2.45, 2.75) is 18.9 Å². The molecule has 1 unspecified atom stereocenters. The molecule has 0 spiro atoms. The number of unbranched alkanes of at least 4 members (excludes halogenated alkanes) is 1. The summed E-state index contributed by atoms with van der Waals surface area (Å²) in [5.41, 5.74) is 0.846. The maximum absolute atomic E-state index is 9.54. The van der Waals surface area contributed by atoms with Gasteiger partial charge in [0.1, 0.15) is 24.2 Å². The maximum Gasteiger partial charge on any atom is 0.129 e. The zero-order chi connectivity index (χ0) is 11.4. The number of allylic oxidation sites excluding steroid dienone is 1. The second kappa shape index (κ2) is 5.03. The zero-order valence-electron chi connectivity index (χ0n) is 9.19. The third-order valence-electron chi connectivity index (χ3n) is 2.56. The number of benzene rings is 1. The Bertz CT molecular complexity index is 373. The molecule has 1 N–H and O–H groups in total. The third-order valence-corrected chi connectivity index (χ3v) is 2.56. The quantitative estimate of drug-likeness (QED) is 0.612. The second-order valence-corrected chi connectivity index (χ2v) is 3.81. The molecule has 3 nitrogen and oxygen atoms in total. The summed E-state index contributed by atoms with van der Waals surface area (Å²) in [6.07, 6.45) is 3.31. The molecule has 2 rings (SSSR count). The van der Waals surface area contributed by atoms with Crippen molar-refractivity contribution in [1.82, 2.24) is 0 Å². The summed E-state index contributed by atoms with van der Waals surface area (Å²) in [5, 5.41) is 9.54. The monoisotopic (exact) mass is 220 g/mol. The van der Waals surface area contributed by atoms with Gasteiger partial charge in [0.25, 0.3) is 0 Å². The first-order chi connectivity index (χ1) is 7.81. The van der Waals surface area contributed by atoms with E-state index in [2.05, 4.69) is 6.58 Å². The molecule has 0 aliphatic carbocycles. The largest absolute Gasteiger partial charge is 0.493 e. The number of rotatable bonds is 5. The van der Waals surface area contributed by atoms with Crippen LogP contribution in [0.2, 0.25) is 0 Å². The molecule has 0 fully saturated rings. The van der Waals surface area contributed by atoms with E-state index >= 15 is 0 Å². The lowest BCUT2D eigenvalue weighted by molar-refractivity contribution is 0.140. The van der Waals surface area contributed by atoms with E-state index in [4.69, 9.17) is 9.47 Å². The lowest BCUT2D eigenvalue weighted by atomic mass is 10.1. The van der Waals surface area contributed by atoms with Gasteiger partial charge >= 0.3 is 0 Å². The Morgan fingerprint density at radius 1 is 1.56 bits per heavy atom. The van der Waals surface area contributed by atoms with Crippen molar-refractivity contribution in [3.63, 3.8) is 0 Å². The fourth-order valence-electron chi connectivity index (χ4n) is 1.68. The first-order valence-electron chi connectivity index (χ1n) is 5.50. The fourth-order valence-corrected chi connectivity index (χ4v) is 1.68. The van der Waals surface area contributed by atoms with Crippen molar-refractivity contribution in [2.24, 2.45) is 0 Å². The highest BCUT2D eigenvalue weighted by atomic mass is 16.5. The minimum absolute atomic E-state index is 0.343. The van der Waals surface area contributed by atoms with Gasteiger partial charge in [0.15, 0.2) is 0 Å². The van der Waals surface area contributed by atoms with Crippen LogP contribution in [0.25, 0.3) is 0 Å². The summed E-state index contributed by atoms with van der Waals surface area (Å²) < 4.78 is 10.9. The van der Waals surface area contributed by atoms with E-state index in [-0.39, 0.29) is 0 Å². The highest BCUT2D eigenvalue weighted by molar-refractivity contribution is 5.44. The molecule has 0 radical (unpaired) electrons. The summed E-state index contributed by atoms with van der Waals surface area (Å²) in [6, 6.07) is 5.56. The number of fused-ring (bicyclic) bond motifs is 1. The van der Waals surface area contributed by atoms with Crippen LogP contribution in [0.3, 0.4) is 0 Å². The van der Waals surface area contributed by atoms with Crippen molar-refractivity contribution in [2.75, 3.05) is 13.2 Å². The Morgan fingerprint density at radius 2 is 2.44 bits per heavy atom. The van der Waals surface area contributed by atoms with E-state index in [1.807, 2.05) is 24.3 Å². The lowest BCUT2D eigenvalue weighted by Crippen LogP contribution is -1.97. The molecule has 1 aliphatic rings. The molecular formula is C13H16O3. The standard InChI is InChI=1S/C13H16O3/c1-2-3-4-7-15-10-5-6-11-12(14)9-16-13(11)8-10/h2,5-6,8,12,14H,1,3-4,7,9H2. The van der Waals surface area contributed by atoms with Gasteiger partial charge in [-0.05, 0) is 25.0 Å². The van der Waals surface area contributed by atoms with Crippen LogP contribution in [-0.2, 0) is 0 Å². The normalized spacial score (nSPS) is 17.7. The van der Waals surface area contributed by atoms with Gasteiger partial charge in [0.05, 0.1) is 6.61 Å². The maximum atomic E-state index is 9.54. The molecule has 1 heterocycles. The highest BCUT2D eigenvalue weighted by Crippen LogP contribution is 2.34. The Labute approximate surface area is 95.3 Å². The van der Waals surface area contributed by atoms with Crippen LogP contribution in [0, 0.1) is 0 Å². The predicted octanol–water partition coefficient (Wildman–Crippen LogP) is 2.46. The SMILES string of the molecule is C=CCCCOc1ccc2c(c1)OCC2O. The molecular weight excluding hydrogens is 204 g/mol. The van der Waals surface area contributed by atoms with Gasteiger partial charge in [-0.1, -0.05) is 6.08 Å². The van der Waals surface area contributed by atoms with Crippen LogP contribution >= 0.6 is 0 Å². The van der Waals surface area contributed by atoms with Crippen LogP contribution in [0.4, 0.5) is 0 Å². The molecule has 0 bridgehead atoms. The molecule has 0 saturated heterocycles. The molecule has 86 valence electrons. The van der Waals surface area contributed by atoms with Crippen molar-refractivity contribution in [3.8, 4) is 11.5 Å². The van der Waals surface area contributed by atoms with Crippen LogP contribution in [0.1, 0.15) is 24.5 Å². The van der Waals surface area contributed by atoms with Crippen LogP contribution in [0.5, 0.6) is 11.5 Å². The Morgan fingerprint density at radius 3 is 3.25 bits per heavy atom. The van der Waals surface area contributed by atoms with Crippen LogP contribution in [0.15, 0.2) is 30.9 Å². The van der Waals surface area contributed by atoms with Gasteiger partial charge in [-0.25, -0.2) is 0 Å². The van der Waals surface area contributed by atoms with Gasteiger partial charge in [-0.3, -0.25) is 0 Å². The van der Waals surface area contributed by atoms with Crippen molar-refractivity contribution >= 4 is 0 Å². The summed E-state index contributed by atoms with van der Waals surface area (Å²) in [7, 11) is 0. The fraction of sp³-hybridized carbons (Fsp3) is 0.385. The first kappa shape index (κ1) is 11.0. The summed E-state index contributed by atoms with van der Waals surface area (Å²) in [4.78, 5) is 0. The average molecular weight is 220 g/mol. The molecule has 0 saturated carbocycles. The summed E-state index contributed by atoms with van der Waals surface area (Å²) in [6.45, 7) is 4.67. The minimum atomic E-state index is -0.496. The molecule has 1 aromatic carbocycles. The van der Waals surface area contributed by atoms with Crippen molar-refractivity contribution in [3.05, 3.63) is 36.4 Å². The Kier molecular flexibility index (Phi) is 3.47. The third kappa shape index (κ3) is 2.36. The number of ether oxygens (including phenoxy) is 2. The molecule has 16 heavy (non-hydrogen) atoms. The molecule has 0 amide bonds. The number of aliphatic hydroxyl groups is 1. The predicted molar refractivity (Wildman–Crippen MR) is 61.8 cm³/mol. The second-order valence-electron chi connectivity index (χ2n) is 3.81. The Balaban J connectivity index is 1.94. The molecule has 1 aliphatic heterocycles. The van der Waals surface area contributed by atoms with E-state index in [0.717, 1.165) is 29.9 Å². The van der Waals surface area contributed by atoms with E-state index in [1.165, 1.54) is 0 Å². The number of aliphatic hydroxyl groups excluding tert-OH is 1. The highest BCUT2D eigenvalue weighted by Gasteiger charge is 2.21.